The normalized spacial score (nSPS) is 10.6. The Morgan fingerprint density at radius 2 is 1.79 bits per heavy atom. The van der Waals surface area contributed by atoms with Crippen LogP contribution in [0.1, 0.15) is 5.69 Å². The van der Waals surface area contributed by atoms with E-state index in [4.69, 9.17) is 5.73 Å². The summed E-state index contributed by atoms with van der Waals surface area (Å²) in [6.45, 7) is 0.453. The highest BCUT2D eigenvalue weighted by Gasteiger charge is 2.03. The third-order valence-corrected chi connectivity index (χ3v) is 2.97. The van der Waals surface area contributed by atoms with Gasteiger partial charge in [0.15, 0.2) is 0 Å². The molecule has 3 rings (SSSR count). The van der Waals surface area contributed by atoms with E-state index in [0.717, 1.165) is 22.5 Å². The van der Waals surface area contributed by atoms with Crippen molar-refractivity contribution in [3.8, 4) is 16.8 Å². The molecule has 3 aromatic rings. The highest BCUT2D eigenvalue weighted by atomic mass is 15.3. The third kappa shape index (κ3) is 2.39. The summed E-state index contributed by atoms with van der Waals surface area (Å²) < 4.78 is 1.82. The van der Waals surface area contributed by atoms with Crippen LogP contribution in [0.2, 0.25) is 0 Å². The van der Waals surface area contributed by atoms with E-state index in [1.165, 1.54) is 0 Å². The molecular weight excluding hydrogens is 236 g/mol. The van der Waals surface area contributed by atoms with Gasteiger partial charge < -0.3 is 5.73 Å². The fraction of sp³-hybridized carbons (Fsp3) is 0.0667. The van der Waals surface area contributed by atoms with Crippen LogP contribution in [0.25, 0.3) is 16.8 Å². The van der Waals surface area contributed by atoms with Gasteiger partial charge in [0, 0.05) is 18.3 Å². The molecule has 94 valence electrons. The minimum absolute atomic E-state index is 0.453. The number of nitrogens with zero attached hydrogens (tertiary/aromatic N) is 3. The molecule has 0 bridgehead atoms. The van der Waals surface area contributed by atoms with Crippen molar-refractivity contribution in [3.05, 3.63) is 66.7 Å². The van der Waals surface area contributed by atoms with E-state index in [1.54, 1.807) is 6.20 Å². The number of hydrogen-bond acceptors (Lipinski definition) is 3. The highest BCUT2D eigenvalue weighted by Crippen LogP contribution is 2.19. The Morgan fingerprint density at radius 3 is 2.47 bits per heavy atom. The standard InChI is InChI=1S/C15H14N4/c16-8-14-6-7-15(10-17-14)19-11-13(9-18-19)12-4-2-1-3-5-12/h1-7,9-11H,8,16H2. The lowest BCUT2D eigenvalue weighted by Gasteiger charge is -2.01. The van der Waals surface area contributed by atoms with Crippen LogP contribution in [-0.4, -0.2) is 14.8 Å². The SMILES string of the molecule is NCc1ccc(-n2cc(-c3ccccc3)cn2)cn1. The maximum absolute atomic E-state index is 5.53. The van der Waals surface area contributed by atoms with Gasteiger partial charge in [-0.1, -0.05) is 30.3 Å². The molecule has 0 aliphatic heterocycles. The van der Waals surface area contributed by atoms with Gasteiger partial charge in [-0.15, -0.1) is 0 Å². The second kappa shape index (κ2) is 5.04. The second-order valence-corrected chi connectivity index (χ2v) is 4.25. The van der Waals surface area contributed by atoms with Crippen LogP contribution < -0.4 is 5.73 Å². The average molecular weight is 250 g/mol. The van der Waals surface area contributed by atoms with Gasteiger partial charge in [-0.25, -0.2) is 4.68 Å². The van der Waals surface area contributed by atoms with E-state index in [1.807, 2.05) is 47.4 Å². The molecule has 0 aliphatic rings. The molecule has 0 saturated heterocycles. The molecule has 0 radical (unpaired) electrons. The smallest absolute Gasteiger partial charge is 0.0829 e. The lowest BCUT2D eigenvalue weighted by atomic mass is 10.1. The van der Waals surface area contributed by atoms with Crippen molar-refractivity contribution in [2.75, 3.05) is 0 Å². The van der Waals surface area contributed by atoms with Gasteiger partial charge in [0.25, 0.3) is 0 Å². The third-order valence-electron chi connectivity index (χ3n) is 2.97. The van der Waals surface area contributed by atoms with Gasteiger partial charge in [0.1, 0.15) is 0 Å². The summed E-state index contributed by atoms with van der Waals surface area (Å²) in [7, 11) is 0. The van der Waals surface area contributed by atoms with Crippen molar-refractivity contribution >= 4 is 0 Å². The van der Waals surface area contributed by atoms with Crippen molar-refractivity contribution in [1.29, 1.82) is 0 Å². The van der Waals surface area contributed by atoms with Crippen molar-refractivity contribution < 1.29 is 0 Å². The fourth-order valence-electron chi connectivity index (χ4n) is 1.92. The van der Waals surface area contributed by atoms with Crippen LogP contribution in [0.4, 0.5) is 0 Å². The topological polar surface area (TPSA) is 56.7 Å². The number of benzene rings is 1. The summed E-state index contributed by atoms with van der Waals surface area (Å²) >= 11 is 0. The first-order valence-electron chi connectivity index (χ1n) is 6.12. The lowest BCUT2D eigenvalue weighted by molar-refractivity contribution is 0.866. The zero-order valence-corrected chi connectivity index (χ0v) is 10.4. The molecule has 4 nitrogen and oxygen atoms in total. The molecule has 0 amide bonds. The predicted octanol–water partition coefficient (Wildman–Crippen LogP) is 2.39. The van der Waals surface area contributed by atoms with E-state index >= 15 is 0 Å². The molecule has 2 aromatic heterocycles. The van der Waals surface area contributed by atoms with E-state index in [2.05, 4.69) is 22.2 Å². The van der Waals surface area contributed by atoms with Crippen LogP contribution in [0.15, 0.2) is 61.1 Å². The van der Waals surface area contributed by atoms with Gasteiger partial charge in [0.2, 0.25) is 0 Å². The van der Waals surface area contributed by atoms with Gasteiger partial charge in [0.05, 0.1) is 23.8 Å². The largest absolute Gasteiger partial charge is 0.325 e. The Morgan fingerprint density at radius 1 is 0.947 bits per heavy atom. The molecule has 0 saturated carbocycles. The molecule has 0 fully saturated rings. The minimum atomic E-state index is 0.453. The molecule has 0 atom stereocenters. The van der Waals surface area contributed by atoms with Gasteiger partial charge in [-0.3, -0.25) is 4.98 Å². The minimum Gasteiger partial charge on any atom is -0.325 e. The second-order valence-electron chi connectivity index (χ2n) is 4.25. The van der Waals surface area contributed by atoms with Crippen molar-refractivity contribution in [2.24, 2.45) is 5.73 Å². The fourth-order valence-corrected chi connectivity index (χ4v) is 1.92. The van der Waals surface area contributed by atoms with Gasteiger partial charge >= 0.3 is 0 Å². The molecule has 0 unspecified atom stereocenters. The molecule has 2 heterocycles. The van der Waals surface area contributed by atoms with Crippen molar-refractivity contribution in [2.45, 2.75) is 6.54 Å². The Hall–Kier alpha value is -2.46. The molecule has 2 N–H and O–H groups in total. The van der Waals surface area contributed by atoms with Gasteiger partial charge in [-0.2, -0.15) is 5.10 Å². The Labute approximate surface area is 111 Å². The number of pyridine rings is 1. The zero-order valence-electron chi connectivity index (χ0n) is 10.4. The Kier molecular flexibility index (Phi) is 3.08. The molecule has 1 aromatic carbocycles. The summed E-state index contributed by atoms with van der Waals surface area (Å²) in [5.74, 6) is 0. The van der Waals surface area contributed by atoms with Crippen LogP contribution in [0.3, 0.4) is 0 Å². The van der Waals surface area contributed by atoms with E-state index < -0.39 is 0 Å². The molecule has 19 heavy (non-hydrogen) atoms. The lowest BCUT2D eigenvalue weighted by Crippen LogP contribution is -2.01. The maximum atomic E-state index is 5.53. The van der Waals surface area contributed by atoms with E-state index in [-0.39, 0.29) is 0 Å². The summed E-state index contributed by atoms with van der Waals surface area (Å²) in [5.41, 5.74) is 9.58. The number of aromatic nitrogens is 3. The quantitative estimate of drug-likeness (QED) is 0.776. The molecular formula is C15H14N4. The number of hydrogen-bond donors (Lipinski definition) is 1. The summed E-state index contributed by atoms with van der Waals surface area (Å²) in [4.78, 5) is 4.27. The molecule has 0 spiro atoms. The molecule has 4 heteroatoms. The monoisotopic (exact) mass is 250 g/mol. The average Bonchev–Trinajstić information content (AvgIpc) is 2.98. The maximum Gasteiger partial charge on any atom is 0.0829 e. The molecule has 0 aliphatic carbocycles. The van der Waals surface area contributed by atoms with Crippen LogP contribution in [0.5, 0.6) is 0 Å². The summed E-state index contributed by atoms with van der Waals surface area (Å²) in [5, 5.41) is 4.36. The summed E-state index contributed by atoms with van der Waals surface area (Å²) in [6.07, 6.45) is 5.63. The zero-order chi connectivity index (χ0) is 13.1. The van der Waals surface area contributed by atoms with Crippen LogP contribution in [-0.2, 0) is 6.54 Å². The van der Waals surface area contributed by atoms with E-state index in [0.29, 0.717) is 6.54 Å². The Balaban J connectivity index is 1.92. The first-order valence-corrected chi connectivity index (χ1v) is 6.12. The highest BCUT2D eigenvalue weighted by molar-refractivity contribution is 5.61. The number of nitrogens with two attached hydrogens (primary N) is 1. The van der Waals surface area contributed by atoms with Crippen molar-refractivity contribution in [1.82, 2.24) is 14.8 Å². The predicted molar refractivity (Wildman–Crippen MR) is 74.7 cm³/mol. The summed E-state index contributed by atoms with van der Waals surface area (Å²) in [6, 6.07) is 14.1. The first-order chi connectivity index (χ1) is 9.36. The van der Waals surface area contributed by atoms with E-state index in [9.17, 15) is 0 Å². The number of rotatable bonds is 3. The van der Waals surface area contributed by atoms with Crippen LogP contribution >= 0.6 is 0 Å². The first kappa shape index (κ1) is 11.6. The Bertz CT molecular complexity index is 656. The van der Waals surface area contributed by atoms with Crippen LogP contribution in [0, 0.1) is 0 Å². The van der Waals surface area contributed by atoms with Gasteiger partial charge in [-0.05, 0) is 17.7 Å². The van der Waals surface area contributed by atoms with Crippen molar-refractivity contribution in [3.63, 3.8) is 0 Å².